The first-order chi connectivity index (χ1) is 5.75. The molecule has 0 fully saturated rings. The summed E-state index contributed by atoms with van der Waals surface area (Å²) in [5.41, 5.74) is 0.452. The first-order valence-corrected chi connectivity index (χ1v) is 3.73. The van der Waals surface area contributed by atoms with Crippen LogP contribution in [0.5, 0.6) is 0 Å². The maximum absolute atomic E-state index is 10.9. The molecule has 0 aromatic carbocycles. The van der Waals surface area contributed by atoms with E-state index in [9.17, 15) is 9.90 Å². The number of aliphatic hydroxyl groups is 1. The van der Waals surface area contributed by atoms with Gasteiger partial charge in [0.2, 0.25) is 0 Å². The third kappa shape index (κ3) is 1.85. The molecule has 2 N–H and O–H groups in total. The number of H-pyrrole nitrogens is 1. The summed E-state index contributed by atoms with van der Waals surface area (Å²) in [5.74, 6) is -0.625. The van der Waals surface area contributed by atoms with Crippen molar-refractivity contribution in [3.63, 3.8) is 0 Å². The number of nitrogens with one attached hydrogen (secondary N) is 1. The molecule has 0 radical (unpaired) electrons. The molecule has 1 atom stereocenters. The zero-order valence-electron chi connectivity index (χ0n) is 6.78. The number of hydrogen-bond donors (Lipinski definition) is 2. The molecule has 0 aliphatic rings. The van der Waals surface area contributed by atoms with E-state index < -0.39 is 12.1 Å². The molecular formula is C8H11NO3. The van der Waals surface area contributed by atoms with Crippen molar-refractivity contribution < 1.29 is 14.6 Å². The molecule has 66 valence electrons. The van der Waals surface area contributed by atoms with Crippen LogP contribution in [0.1, 0.15) is 18.7 Å². The zero-order valence-corrected chi connectivity index (χ0v) is 6.78. The van der Waals surface area contributed by atoms with E-state index in [4.69, 9.17) is 0 Å². The minimum Gasteiger partial charge on any atom is -0.464 e. The summed E-state index contributed by atoms with van der Waals surface area (Å²) in [4.78, 5) is 13.7. The Hall–Kier alpha value is -1.29. The maximum atomic E-state index is 10.9. The molecule has 1 heterocycles. The van der Waals surface area contributed by atoms with Crippen LogP contribution in [0.4, 0.5) is 0 Å². The van der Waals surface area contributed by atoms with Crippen molar-refractivity contribution in [3.8, 4) is 0 Å². The van der Waals surface area contributed by atoms with Crippen molar-refractivity contribution in [3.05, 3.63) is 24.0 Å². The molecule has 0 unspecified atom stereocenters. The van der Waals surface area contributed by atoms with Gasteiger partial charge in [0, 0.05) is 6.20 Å². The van der Waals surface area contributed by atoms with Crippen molar-refractivity contribution in [2.75, 3.05) is 6.61 Å². The Balaban J connectivity index is 2.59. The minimum absolute atomic E-state index is 0.274. The van der Waals surface area contributed by atoms with Gasteiger partial charge < -0.3 is 14.8 Å². The SMILES string of the molecule is CCOC(=O)[C@H](O)c1ccc[nH]1. The van der Waals surface area contributed by atoms with Gasteiger partial charge in [-0.15, -0.1) is 0 Å². The molecule has 0 bridgehead atoms. The normalized spacial score (nSPS) is 12.5. The van der Waals surface area contributed by atoms with Crippen LogP contribution in [0.2, 0.25) is 0 Å². The Bertz CT molecular complexity index is 243. The number of carbonyl (C=O) groups is 1. The summed E-state index contributed by atoms with van der Waals surface area (Å²) in [6, 6.07) is 3.33. The lowest BCUT2D eigenvalue weighted by molar-refractivity contribution is -0.153. The number of esters is 1. The number of aromatic nitrogens is 1. The second kappa shape index (κ2) is 3.92. The predicted octanol–water partition coefficient (Wildman–Crippen LogP) is 0.611. The van der Waals surface area contributed by atoms with E-state index in [-0.39, 0.29) is 6.61 Å². The quantitative estimate of drug-likeness (QED) is 0.652. The molecule has 4 nitrogen and oxygen atoms in total. The highest BCUT2D eigenvalue weighted by molar-refractivity contribution is 5.75. The fourth-order valence-corrected chi connectivity index (χ4v) is 0.862. The van der Waals surface area contributed by atoms with Crippen LogP contribution in [0.3, 0.4) is 0 Å². The summed E-state index contributed by atoms with van der Waals surface area (Å²) >= 11 is 0. The van der Waals surface area contributed by atoms with Crippen LogP contribution >= 0.6 is 0 Å². The lowest BCUT2D eigenvalue weighted by Crippen LogP contribution is -2.15. The van der Waals surface area contributed by atoms with Crippen molar-refractivity contribution >= 4 is 5.97 Å². The summed E-state index contributed by atoms with van der Waals surface area (Å²) in [6.07, 6.45) is 0.442. The standard InChI is InChI=1S/C8H11NO3/c1-2-12-8(11)7(10)6-4-3-5-9-6/h3-5,7,9-10H,2H2,1H3/t7-/m1/s1. The molecule has 12 heavy (non-hydrogen) atoms. The molecule has 0 saturated heterocycles. The Morgan fingerprint density at radius 1 is 1.83 bits per heavy atom. The van der Waals surface area contributed by atoms with Crippen LogP contribution in [0.15, 0.2) is 18.3 Å². The summed E-state index contributed by atoms with van der Waals surface area (Å²) in [5, 5.41) is 9.30. The molecule has 1 aromatic rings. The second-order valence-corrected chi connectivity index (χ2v) is 2.28. The van der Waals surface area contributed by atoms with E-state index in [1.165, 1.54) is 0 Å². The second-order valence-electron chi connectivity index (χ2n) is 2.28. The molecule has 0 aliphatic carbocycles. The third-order valence-corrected chi connectivity index (χ3v) is 1.43. The average molecular weight is 169 g/mol. The molecule has 0 amide bonds. The first kappa shape index (κ1) is 8.80. The lowest BCUT2D eigenvalue weighted by Gasteiger charge is -2.06. The number of aliphatic hydroxyl groups excluding tert-OH is 1. The molecular weight excluding hydrogens is 158 g/mol. The van der Waals surface area contributed by atoms with Gasteiger partial charge in [-0.25, -0.2) is 4.79 Å². The average Bonchev–Trinajstić information content (AvgIpc) is 2.55. The number of carbonyl (C=O) groups excluding carboxylic acids is 1. The van der Waals surface area contributed by atoms with Crippen molar-refractivity contribution in [2.45, 2.75) is 13.0 Å². The van der Waals surface area contributed by atoms with Gasteiger partial charge in [0.1, 0.15) is 0 Å². The molecule has 1 aromatic heterocycles. The van der Waals surface area contributed by atoms with Crippen molar-refractivity contribution in [1.29, 1.82) is 0 Å². The van der Waals surface area contributed by atoms with Gasteiger partial charge in [-0.3, -0.25) is 0 Å². The van der Waals surface area contributed by atoms with Crippen molar-refractivity contribution in [2.24, 2.45) is 0 Å². The number of ether oxygens (including phenoxy) is 1. The number of rotatable bonds is 3. The first-order valence-electron chi connectivity index (χ1n) is 3.73. The third-order valence-electron chi connectivity index (χ3n) is 1.43. The van der Waals surface area contributed by atoms with E-state index in [2.05, 4.69) is 9.72 Å². The number of hydrogen-bond acceptors (Lipinski definition) is 3. The molecule has 0 saturated carbocycles. The van der Waals surface area contributed by atoms with E-state index in [0.29, 0.717) is 5.69 Å². The molecule has 0 aliphatic heterocycles. The lowest BCUT2D eigenvalue weighted by atomic mass is 10.3. The highest BCUT2D eigenvalue weighted by Crippen LogP contribution is 2.10. The summed E-state index contributed by atoms with van der Waals surface area (Å²) in [6.45, 7) is 1.97. The largest absolute Gasteiger partial charge is 0.464 e. The highest BCUT2D eigenvalue weighted by atomic mass is 16.5. The Labute approximate surface area is 70.2 Å². The van der Waals surface area contributed by atoms with Gasteiger partial charge in [0.25, 0.3) is 0 Å². The topological polar surface area (TPSA) is 62.3 Å². The number of aromatic amines is 1. The molecule has 4 heteroatoms. The zero-order chi connectivity index (χ0) is 8.97. The Kier molecular flexibility index (Phi) is 2.88. The Morgan fingerprint density at radius 3 is 3.08 bits per heavy atom. The smallest absolute Gasteiger partial charge is 0.341 e. The summed E-state index contributed by atoms with van der Waals surface area (Å²) < 4.78 is 4.62. The monoisotopic (exact) mass is 169 g/mol. The van der Waals surface area contributed by atoms with Gasteiger partial charge >= 0.3 is 5.97 Å². The molecule has 1 rings (SSSR count). The van der Waals surface area contributed by atoms with E-state index in [0.717, 1.165) is 0 Å². The van der Waals surface area contributed by atoms with Gasteiger partial charge in [-0.05, 0) is 19.1 Å². The fraction of sp³-hybridized carbons (Fsp3) is 0.375. The van der Waals surface area contributed by atoms with Gasteiger partial charge in [-0.1, -0.05) is 0 Å². The minimum atomic E-state index is -1.19. The van der Waals surface area contributed by atoms with Crippen LogP contribution in [0, 0.1) is 0 Å². The van der Waals surface area contributed by atoms with Crippen molar-refractivity contribution in [1.82, 2.24) is 4.98 Å². The van der Waals surface area contributed by atoms with Crippen LogP contribution < -0.4 is 0 Å². The fourth-order valence-electron chi connectivity index (χ4n) is 0.862. The maximum Gasteiger partial charge on any atom is 0.341 e. The van der Waals surface area contributed by atoms with Gasteiger partial charge in [0.15, 0.2) is 6.10 Å². The highest BCUT2D eigenvalue weighted by Gasteiger charge is 2.18. The van der Waals surface area contributed by atoms with Gasteiger partial charge in [0.05, 0.1) is 12.3 Å². The van der Waals surface area contributed by atoms with Crippen LogP contribution in [-0.4, -0.2) is 22.7 Å². The van der Waals surface area contributed by atoms with Crippen LogP contribution in [-0.2, 0) is 9.53 Å². The predicted molar refractivity (Wildman–Crippen MR) is 42.4 cm³/mol. The van der Waals surface area contributed by atoms with Crippen LogP contribution in [0.25, 0.3) is 0 Å². The van der Waals surface area contributed by atoms with E-state index >= 15 is 0 Å². The summed E-state index contributed by atoms with van der Waals surface area (Å²) in [7, 11) is 0. The van der Waals surface area contributed by atoms with E-state index in [1.54, 1.807) is 25.3 Å². The molecule has 0 spiro atoms. The Morgan fingerprint density at radius 2 is 2.58 bits per heavy atom. The van der Waals surface area contributed by atoms with Gasteiger partial charge in [-0.2, -0.15) is 0 Å². The van der Waals surface area contributed by atoms with E-state index in [1.807, 2.05) is 0 Å².